The predicted octanol–water partition coefficient (Wildman–Crippen LogP) is 4.01. The van der Waals surface area contributed by atoms with Gasteiger partial charge in [-0.15, -0.1) is 0 Å². The van der Waals surface area contributed by atoms with Gasteiger partial charge in [0.1, 0.15) is 11.8 Å². The standard InChI is InChI=1S/C24H25F3N3O6PS/c1-13(24(25,26)27)10-11-23(2)16-7-5-4-6-15(16)20(31)19(21(23)32)22-28-17-9-8-14(30-38(3,35)36)12-18(17)37(33,34)29-22/h4-9,12-13,19,30H,10-11H2,1-3H3,(H2,28,29,33,34). The second kappa shape index (κ2) is 9.32. The second-order valence-electron chi connectivity index (χ2n) is 9.78. The Bertz CT molecular complexity index is 1520. The molecule has 9 nitrogen and oxygen atoms in total. The molecule has 0 saturated heterocycles. The molecule has 204 valence electrons. The Labute approximate surface area is 217 Å². The molecule has 2 aliphatic rings. The lowest BCUT2D eigenvalue weighted by molar-refractivity contribution is -0.172. The van der Waals surface area contributed by atoms with Crippen LogP contribution in [0.1, 0.15) is 42.6 Å². The van der Waals surface area contributed by atoms with Crippen molar-refractivity contribution >= 4 is 51.6 Å². The van der Waals surface area contributed by atoms with Gasteiger partial charge in [-0.3, -0.25) is 18.9 Å². The van der Waals surface area contributed by atoms with Crippen LogP contribution in [0.3, 0.4) is 0 Å². The number of sulfonamides is 1. The van der Waals surface area contributed by atoms with Crippen LogP contribution in [0.25, 0.3) is 0 Å². The maximum atomic E-state index is 13.8. The summed E-state index contributed by atoms with van der Waals surface area (Å²) < 4.78 is 82.0. The fraction of sp³-hybridized carbons (Fsp3) is 0.375. The fourth-order valence-electron chi connectivity index (χ4n) is 4.73. The van der Waals surface area contributed by atoms with Gasteiger partial charge in [0, 0.05) is 11.3 Å². The topological polar surface area (TPSA) is 142 Å². The molecule has 0 saturated carbocycles. The zero-order valence-electron chi connectivity index (χ0n) is 20.5. The number of carbonyl (C=O) groups is 2. The maximum Gasteiger partial charge on any atom is 0.391 e. The van der Waals surface area contributed by atoms with Crippen molar-refractivity contribution in [1.29, 1.82) is 0 Å². The number of hydrogen-bond acceptors (Lipinski definition) is 6. The zero-order chi connectivity index (χ0) is 28.3. The third-order valence-electron chi connectivity index (χ3n) is 6.89. The van der Waals surface area contributed by atoms with Crippen LogP contribution in [0.2, 0.25) is 0 Å². The van der Waals surface area contributed by atoms with Crippen molar-refractivity contribution in [2.24, 2.45) is 16.6 Å². The van der Waals surface area contributed by atoms with Gasteiger partial charge in [0.05, 0.1) is 28.6 Å². The highest BCUT2D eigenvalue weighted by Crippen LogP contribution is 2.49. The van der Waals surface area contributed by atoms with Gasteiger partial charge in [-0.05, 0) is 43.5 Å². The Balaban J connectivity index is 1.76. The lowest BCUT2D eigenvalue weighted by Crippen LogP contribution is -2.51. The molecule has 1 aliphatic carbocycles. The van der Waals surface area contributed by atoms with Crippen LogP contribution >= 0.6 is 7.52 Å². The van der Waals surface area contributed by atoms with Crippen molar-refractivity contribution < 1.29 is 40.6 Å². The molecule has 3 N–H and O–H groups in total. The molecule has 38 heavy (non-hydrogen) atoms. The van der Waals surface area contributed by atoms with E-state index in [4.69, 9.17) is 0 Å². The number of fused-ring (bicyclic) bond motifs is 2. The number of anilines is 2. The molecule has 2 aromatic carbocycles. The molecular formula is C24H25F3N3O6PS. The first kappa shape index (κ1) is 28.0. The van der Waals surface area contributed by atoms with Crippen molar-refractivity contribution in [2.45, 2.75) is 38.3 Å². The summed E-state index contributed by atoms with van der Waals surface area (Å²) in [7, 11) is -8.27. The van der Waals surface area contributed by atoms with Crippen LogP contribution < -0.4 is 15.3 Å². The van der Waals surface area contributed by atoms with Crippen molar-refractivity contribution in [2.75, 3.05) is 16.3 Å². The van der Waals surface area contributed by atoms with Crippen LogP contribution in [0.4, 0.5) is 24.5 Å². The minimum Gasteiger partial charge on any atom is -0.342 e. The number of amidine groups is 1. The van der Waals surface area contributed by atoms with E-state index in [1.54, 1.807) is 12.1 Å². The Morgan fingerprint density at radius 3 is 2.50 bits per heavy atom. The van der Waals surface area contributed by atoms with E-state index in [0.717, 1.165) is 19.2 Å². The van der Waals surface area contributed by atoms with E-state index in [1.165, 1.54) is 31.2 Å². The fourth-order valence-corrected chi connectivity index (χ4v) is 6.60. The number of halogens is 3. The van der Waals surface area contributed by atoms with Crippen LogP contribution in [0.15, 0.2) is 47.2 Å². The summed E-state index contributed by atoms with van der Waals surface area (Å²) >= 11 is 0. The second-order valence-corrected chi connectivity index (χ2v) is 13.3. The van der Waals surface area contributed by atoms with Crippen molar-refractivity contribution in [3.05, 3.63) is 53.6 Å². The number of alkyl halides is 3. The van der Waals surface area contributed by atoms with E-state index in [2.05, 4.69) is 14.8 Å². The van der Waals surface area contributed by atoms with E-state index in [1.807, 2.05) is 0 Å². The van der Waals surface area contributed by atoms with Gasteiger partial charge in [0.2, 0.25) is 10.0 Å². The molecule has 0 aromatic heterocycles. The summed E-state index contributed by atoms with van der Waals surface area (Å²) in [6.45, 7) is 2.49. The summed E-state index contributed by atoms with van der Waals surface area (Å²) in [5.74, 6) is -5.18. The Morgan fingerprint density at radius 2 is 1.87 bits per heavy atom. The third-order valence-corrected chi connectivity index (χ3v) is 8.98. The summed E-state index contributed by atoms with van der Waals surface area (Å²) in [5, 5.41) is 2.51. The molecule has 1 heterocycles. The molecule has 0 fully saturated rings. The number of nitrogens with one attached hydrogen (secondary N) is 2. The Morgan fingerprint density at radius 1 is 1.21 bits per heavy atom. The first-order chi connectivity index (χ1) is 17.4. The lowest BCUT2D eigenvalue weighted by atomic mass is 9.63. The molecule has 4 atom stereocenters. The van der Waals surface area contributed by atoms with E-state index in [-0.39, 0.29) is 35.1 Å². The molecule has 4 unspecified atom stereocenters. The van der Waals surface area contributed by atoms with Gasteiger partial charge in [-0.25, -0.2) is 8.42 Å². The number of rotatable bonds is 6. The number of hydrogen-bond donors (Lipinski definition) is 3. The number of nitrogens with zero attached hydrogens (tertiary/aromatic N) is 1. The molecule has 2 aromatic rings. The zero-order valence-corrected chi connectivity index (χ0v) is 22.2. The predicted molar refractivity (Wildman–Crippen MR) is 136 cm³/mol. The highest BCUT2D eigenvalue weighted by Gasteiger charge is 2.52. The summed E-state index contributed by atoms with van der Waals surface area (Å²) in [6, 6.07) is 9.87. The van der Waals surface area contributed by atoms with Gasteiger partial charge in [0.25, 0.3) is 0 Å². The SMILES string of the molecule is CC(CCC1(C)C(=O)C(C2=NP(=O)(O)c3cc(NS(C)(=O)=O)ccc3N2)C(=O)c2ccccc21)C(F)(F)F. The highest BCUT2D eigenvalue weighted by atomic mass is 32.2. The number of Topliss-reactive ketones (excluding diaryl/α,β-unsaturated/α-hetero) is 2. The van der Waals surface area contributed by atoms with Crippen LogP contribution in [0.5, 0.6) is 0 Å². The summed E-state index contributed by atoms with van der Waals surface area (Å²) in [4.78, 5) is 38.0. The summed E-state index contributed by atoms with van der Waals surface area (Å²) in [6.07, 6.45) is -4.15. The normalized spacial score (nSPS) is 26.1. The smallest absolute Gasteiger partial charge is 0.342 e. The number of carbonyl (C=O) groups excluding carboxylic acids is 2. The number of ketones is 2. The van der Waals surface area contributed by atoms with E-state index in [0.29, 0.717) is 5.56 Å². The van der Waals surface area contributed by atoms with E-state index < -0.39 is 58.4 Å². The molecule has 4 rings (SSSR count). The largest absolute Gasteiger partial charge is 0.391 e. The minimum absolute atomic E-state index is 0.00563. The van der Waals surface area contributed by atoms with Crippen molar-refractivity contribution in [1.82, 2.24) is 0 Å². The summed E-state index contributed by atoms with van der Waals surface area (Å²) in [5.41, 5.74) is -1.05. The van der Waals surface area contributed by atoms with Gasteiger partial charge >= 0.3 is 13.7 Å². The maximum absolute atomic E-state index is 13.8. The van der Waals surface area contributed by atoms with E-state index >= 15 is 0 Å². The Kier molecular flexibility index (Phi) is 6.87. The van der Waals surface area contributed by atoms with Crippen LogP contribution in [0, 0.1) is 11.8 Å². The van der Waals surface area contributed by atoms with Gasteiger partial charge in [-0.2, -0.15) is 17.9 Å². The quantitative estimate of drug-likeness (QED) is 0.351. The monoisotopic (exact) mass is 571 g/mol. The third kappa shape index (κ3) is 5.14. The first-order valence-corrected chi connectivity index (χ1v) is 15.0. The molecule has 1 aliphatic heterocycles. The van der Waals surface area contributed by atoms with Gasteiger partial charge in [0.15, 0.2) is 11.6 Å². The highest BCUT2D eigenvalue weighted by molar-refractivity contribution is 7.92. The van der Waals surface area contributed by atoms with E-state index in [9.17, 15) is 40.6 Å². The van der Waals surface area contributed by atoms with Crippen molar-refractivity contribution in [3.63, 3.8) is 0 Å². The molecule has 14 heteroatoms. The average Bonchev–Trinajstić information content (AvgIpc) is 2.80. The molecular weight excluding hydrogens is 546 g/mol. The lowest BCUT2D eigenvalue weighted by Gasteiger charge is -2.39. The average molecular weight is 572 g/mol. The molecule has 0 spiro atoms. The van der Waals surface area contributed by atoms with Crippen LogP contribution in [-0.4, -0.2) is 43.1 Å². The molecule has 0 radical (unpaired) electrons. The Hall–Kier alpha value is -3.02. The van der Waals surface area contributed by atoms with Crippen LogP contribution in [-0.2, 0) is 24.8 Å². The minimum atomic E-state index is -4.59. The molecule has 0 amide bonds. The number of benzene rings is 2. The molecule has 0 bridgehead atoms. The van der Waals surface area contributed by atoms with Gasteiger partial charge in [-0.1, -0.05) is 31.2 Å². The van der Waals surface area contributed by atoms with Gasteiger partial charge < -0.3 is 10.2 Å². The van der Waals surface area contributed by atoms with Crippen molar-refractivity contribution in [3.8, 4) is 0 Å². The first-order valence-electron chi connectivity index (χ1n) is 11.5.